The van der Waals surface area contributed by atoms with Crippen molar-refractivity contribution in [3.63, 3.8) is 0 Å². The number of cyclic esters (lactones) is 1. The van der Waals surface area contributed by atoms with E-state index in [2.05, 4.69) is 41.2 Å². The van der Waals surface area contributed by atoms with E-state index in [1.165, 1.54) is 37.4 Å². The van der Waals surface area contributed by atoms with Gasteiger partial charge in [0.15, 0.2) is 0 Å². The van der Waals surface area contributed by atoms with Crippen LogP contribution in [0.15, 0.2) is 232 Å². The van der Waals surface area contributed by atoms with Crippen LogP contribution in [0.3, 0.4) is 0 Å². The molecule has 5 aromatic heterocycles. The summed E-state index contributed by atoms with van der Waals surface area (Å²) < 4.78 is 30.8. The number of thiocarbonyl (C=S) groups is 1. The maximum Gasteiger partial charge on any atom is 0.307 e. The predicted molar refractivity (Wildman–Crippen MR) is 397 cm³/mol. The van der Waals surface area contributed by atoms with Crippen LogP contribution in [0.25, 0.3) is 10.9 Å². The molecule has 4 N–H and O–H groups in total. The van der Waals surface area contributed by atoms with E-state index in [0.717, 1.165) is 56.4 Å². The van der Waals surface area contributed by atoms with Crippen LogP contribution in [0.5, 0.6) is 23.0 Å². The topological polar surface area (TPSA) is 239 Å². The van der Waals surface area contributed by atoms with Crippen molar-refractivity contribution in [2.75, 3.05) is 41.1 Å². The van der Waals surface area contributed by atoms with Gasteiger partial charge in [0, 0.05) is 151 Å². The predicted octanol–water partition coefficient (Wildman–Crippen LogP) is 14.8. The number of thioether (sulfide) groups is 1. The third kappa shape index (κ3) is 23.3. The summed E-state index contributed by atoms with van der Waals surface area (Å²) in [6.07, 6.45) is 21.9. The van der Waals surface area contributed by atoms with Crippen LogP contribution in [-0.4, -0.2) is 88.8 Å². The van der Waals surface area contributed by atoms with Gasteiger partial charge in [0.25, 0.3) is 0 Å². The number of nitrogens with zero attached hydrogens (tertiary/aromatic N) is 6. The molecule has 5 aromatic carbocycles. The molecule has 2 bridgehead atoms. The Morgan fingerprint density at radius 3 is 1.43 bits per heavy atom. The lowest BCUT2D eigenvalue weighted by Crippen LogP contribution is -2.36. The van der Waals surface area contributed by atoms with Crippen molar-refractivity contribution in [3.05, 3.63) is 254 Å². The van der Waals surface area contributed by atoms with E-state index in [0.29, 0.717) is 77.4 Å². The highest BCUT2D eigenvalue weighted by molar-refractivity contribution is 8.23. The van der Waals surface area contributed by atoms with E-state index in [-0.39, 0.29) is 48.3 Å². The fourth-order valence-electron chi connectivity index (χ4n) is 11.9. The number of pyridine rings is 4. The first-order chi connectivity index (χ1) is 49.0. The van der Waals surface area contributed by atoms with Crippen molar-refractivity contribution in [3.8, 4) is 23.0 Å². The van der Waals surface area contributed by atoms with Gasteiger partial charge < -0.3 is 54.4 Å². The Balaban J connectivity index is 0.000000145. The lowest BCUT2D eigenvalue weighted by atomic mass is 9.86. The summed E-state index contributed by atoms with van der Waals surface area (Å²) in [6, 6.07) is 54.8. The number of anilines is 4. The number of esters is 1. The van der Waals surface area contributed by atoms with Crippen molar-refractivity contribution < 1.29 is 47.7 Å². The smallest absolute Gasteiger partial charge is 0.307 e. The minimum atomic E-state index is -0.796. The molecule has 1 saturated heterocycles. The first-order valence-corrected chi connectivity index (χ1v) is 34.7. The standard InChI is InChI=1S/C22H19N3O2.C21H24N2O2.C19H20N2O4.C17H19N3O2S2/c26-22(15-25-12-10-18-6-1-2-9-21(18)25)24-19-7-3-8-20(13-19)27-16-17-5-4-11-23-14-17;24-21(11-18-10-15-6-7-17(18)9-15)23-19-4-1-5-20(12-19)25-14-16-3-2-8-22-13-16;1-19(2)16(10-17(22)25-19)18(23)21-14-6-3-7-15(9-14)24-12-13-5-4-8-20-11-13;1-20(2)17(23)24-12-16(21)19-14-6-3-7-15(9-14)22-11-13-5-4-8-18-10-13/h1-14H,15-16H2,(H,24,26);1-5,8,12-13,15,17-18H,6-7,9-11,14H2,(H,23,24);3-9,11,16H,10,12H2,1-2H3,(H,21,23);3-10H,11-12H2,1-2H3,(H,19,21). The van der Waals surface area contributed by atoms with E-state index < -0.39 is 11.5 Å². The van der Waals surface area contributed by atoms with Gasteiger partial charge >= 0.3 is 5.97 Å². The van der Waals surface area contributed by atoms with Crippen LogP contribution in [0, 0.1) is 23.7 Å². The number of hydrogen-bond acceptors (Lipinski definition) is 16. The van der Waals surface area contributed by atoms with Crippen LogP contribution < -0.4 is 40.2 Å². The third-order valence-electron chi connectivity index (χ3n) is 16.9. The molecule has 2 saturated carbocycles. The summed E-state index contributed by atoms with van der Waals surface area (Å²) in [5.41, 5.74) is 7.03. The zero-order valence-corrected chi connectivity index (χ0v) is 58.4. The molecule has 6 heterocycles. The highest BCUT2D eigenvalue weighted by Crippen LogP contribution is 2.49. The summed E-state index contributed by atoms with van der Waals surface area (Å²) in [5.74, 6) is 4.14. The van der Waals surface area contributed by atoms with Gasteiger partial charge in [-0.05, 0) is 141 Å². The van der Waals surface area contributed by atoms with Crippen LogP contribution in [0.2, 0.25) is 0 Å². The molecular formula is C79H82N10O10S2. The average molecular weight is 1400 g/mol. The summed E-state index contributed by atoms with van der Waals surface area (Å²) in [4.78, 5) is 78.8. The van der Waals surface area contributed by atoms with E-state index in [1.807, 2.05) is 177 Å². The van der Waals surface area contributed by atoms with Crippen LogP contribution in [0.1, 0.15) is 74.6 Å². The molecule has 3 fully saturated rings. The number of hydrogen-bond donors (Lipinski definition) is 4. The number of amides is 4. The number of para-hydroxylation sites is 1. The molecule has 520 valence electrons. The molecule has 4 amide bonds. The van der Waals surface area contributed by atoms with Crippen LogP contribution in [0.4, 0.5) is 22.7 Å². The Kier molecular flexibility index (Phi) is 26.5. The maximum absolute atomic E-state index is 12.5. The summed E-state index contributed by atoms with van der Waals surface area (Å²) in [7, 11) is 3.71. The molecule has 10 aromatic rings. The monoisotopic (exact) mass is 1390 g/mol. The van der Waals surface area contributed by atoms with Crippen LogP contribution >= 0.6 is 24.0 Å². The number of ether oxygens (including phenoxy) is 5. The van der Waals surface area contributed by atoms with Crippen LogP contribution in [-0.2, 0) is 61.7 Å². The average Bonchev–Trinajstić information content (AvgIpc) is 1.68. The maximum atomic E-state index is 12.5. The number of rotatable bonds is 23. The van der Waals surface area contributed by atoms with Gasteiger partial charge in [-0.3, -0.25) is 43.9 Å². The largest absolute Gasteiger partial charge is 0.489 e. The van der Waals surface area contributed by atoms with Gasteiger partial charge in [-0.15, -0.1) is 0 Å². The zero-order valence-electron chi connectivity index (χ0n) is 56.8. The fraction of sp³-hybridized carbons (Fsp3) is 0.266. The molecule has 13 rings (SSSR count). The summed E-state index contributed by atoms with van der Waals surface area (Å²) in [6.45, 7) is 5.47. The van der Waals surface area contributed by atoms with Crippen molar-refractivity contribution in [2.24, 2.45) is 23.7 Å². The Hall–Kier alpha value is -11.0. The van der Waals surface area contributed by atoms with Crippen molar-refractivity contribution in [1.29, 1.82) is 0 Å². The van der Waals surface area contributed by atoms with E-state index >= 15 is 0 Å². The Morgan fingerprint density at radius 2 is 1.01 bits per heavy atom. The minimum Gasteiger partial charge on any atom is -0.489 e. The molecule has 4 atom stereocenters. The summed E-state index contributed by atoms with van der Waals surface area (Å²) >= 11 is 6.48. The number of aromatic nitrogens is 5. The zero-order chi connectivity index (χ0) is 70.8. The van der Waals surface area contributed by atoms with Gasteiger partial charge in [-0.2, -0.15) is 0 Å². The van der Waals surface area contributed by atoms with E-state index in [4.69, 9.17) is 35.9 Å². The first-order valence-electron chi connectivity index (χ1n) is 33.3. The van der Waals surface area contributed by atoms with Crippen molar-refractivity contribution >= 4 is 91.6 Å². The highest BCUT2D eigenvalue weighted by atomic mass is 32.2. The SMILES string of the molecule is CC1(C)OC(=O)CC1C(=O)Nc1cccc(OCc2cccnc2)c1.CN(C)C(=S)SCC(=O)Nc1cccc(OCc2cccnc2)c1.O=C(CC1CC2CCC1C2)Nc1cccc(OCc2cccnc2)c1.O=C(Cn1ccc2ccccc21)Nc1cccc(OCc2cccnc2)c1. The van der Waals surface area contributed by atoms with Crippen molar-refractivity contribution in [2.45, 2.75) is 90.9 Å². The Morgan fingerprint density at radius 1 is 0.554 bits per heavy atom. The number of fused-ring (bicyclic) bond motifs is 3. The third-order valence-corrected chi connectivity index (χ3v) is 18.6. The number of nitrogens with one attached hydrogen (secondary N) is 4. The molecule has 101 heavy (non-hydrogen) atoms. The van der Waals surface area contributed by atoms with E-state index in [9.17, 15) is 24.0 Å². The Labute approximate surface area is 598 Å². The molecule has 0 radical (unpaired) electrons. The molecular weight excluding hydrogens is 1310 g/mol. The quantitative estimate of drug-likeness (QED) is 0.0344. The molecule has 1 aliphatic heterocycles. The van der Waals surface area contributed by atoms with E-state index in [1.54, 1.807) is 92.6 Å². The van der Waals surface area contributed by atoms with Gasteiger partial charge in [0.2, 0.25) is 23.6 Å². The summed E-state index contributed by atoms with van der Waals surface area (Å²) in [5, 5.41) is 12.8. The molecule has 22 heteroatoms. The molecule has 20 nitrogen and oxygen atoms in total. The molecule has 2 aliphatic carbocycles. The molecule has 0 spiro atoms. The fourth-order valence-corrected chi connectivity index (χ4v) is 12.6. The highest BCUT2D eigenvalue weighted by Gasteiger charge is 2.46. The normalized spacial score (nSPS) is 15.8. The van der Waals surface area contributed by atoms with Crippen molar-refractivity contribution in [1.82, 2.24) is 29.4 Å². The van der Waals surface area contributed by atoms with Gasteiger partial charge in [-0.1, -0.05) is 97.1 Å². The second-order valence-electron chi connectivity index (χ2n) is 25.3. The minimum absolute atomic E-state index is 0.0826. The number of benzene rings is 5. The van der Waals surface area contributed by atoms with Gasteiger partial charge in [0.05, 0.1) is 18.1 Å². The lowest BCUT2D eigenvalue weighted by Gasteiger charge is -2.23. The number of carbonyl (C=O) groups excluding carboxylic acids is 5. The molecule has 3 aliphatic rings. The van der Waals surface area contributed by atoms with Gasteiger partial charge in [-0.25, -0.2) is 0 Å². The first kappa shape index (κ1) is 72.8. The second-order valence-corrected chi connectivity index (χ2v) is 26.9. The second kappa shape index (κ2) is 36.7. The molecule has 4 unspecified atom stereocenters. The van der Waals surface area contributed by atoms with Gasteiger partial charge in [0.1, 0.15) is 65.9 Å². The Bertz CT molecular complexity index is 4360. The lowest BCUT2D eigenvalue weighted by molar-refractivity contribution is -0.147. The number of carbonyl (C=O) groups is 5.